The molecular formula is C21H22N4O3S. The zero-order valence-corrected chi connectivity index (χ0v) is 17.1. The summed E-state index contributed by atoms with van der Waals surface area (Å²) < 4.78 is 7.32. The molecule has 0 aliphatic carbocycles. The summed E-state index contributed by atoms with van der Waals surface area (Å²) in [7, 11) is 1.52. The number of fused-ring (bicyclic) bond motifs is 1. The van der Waals surface area contributed by atoms with E-state index >= 15 is 0 Å². The fourth-order valence-corrected chi connectivity index (χ4v) is 3.70. The molecule has 0 bridgehead atoms. The molecule has 0 saturated carbocycles. The van der Waals surface area contributed by atoms with Crippen molar-refractivity contribution in [3.63, 3.8) is 0 Å². The molecule has 0 aliphatic rings. The number of para-hydroxylation sites is 2. The number of hydrogen-bond donors (Lipinski definition) is 2. The van der Waals surface area contributed by atoms with Gasteiger partial charge in [-0.2, -0.15) is 0 Å². The van der Waals surface area contributed by atoms with E-state index < -0.39 is 0 Å². The van der Waals surface area contributed by atoms with E-state index in [-0.39, 0.29) is 17.6 Å². The average molecular weight is 410 g/mol. The number of ether oxygens (including phenoxy) is 1. The first-order chi connectivity index (χ1) is 14.0. The Morgan fingerprint density at radius 2 is 2.03 bits per heavy atom. The number of nitrogens with zero attached hydrogens (tertiary/aromatic N) is 2. The van der Waals surface area contributed by atoms with E-state index in [1.807, 2.05) is 28.8 Å². The molecule has 0 atom stereocenters. The van der Waals surface area contributed by atoms with Crippen molar-refractivity contribution in [2.24, 2.45) is 0 Å². The van der Waals surface area contributed by atoms with E-state index in [1.54, 1.807) is 24.3 Å². The number of amides is 2. The summed E-state index contributed by atoms with van der Waals surface area (Å²) in [6, 6.07) is 12.9. The number of methoxy groups -OCH3 is 1. The van der Waals surface area contributed by atoms with Gasteiger partial charge in [-0.15, -0.1) is 6.58 Å². The van der Waals surface area contributed by atoms with Crippen LogP contribution in [-0.4, -0.2) is 34.2 Å². The standard InChI is InChI=1S/C21H22N4O3S/c1-4-11-25-18-8-6-5-7-16(18)24-21(25)29-13-20(27)23-17-12-15(22-14(2)26)9-10-19(17)28-3/h4-10,12H,1,11,13H2,2-3H3,(H,22,26)(H,23,27). The van der Waals surface area contributed by atoms with Crippen LogP contribution in [0.5, 0.6) is 5.75 Å². The predicted octanol–water partition coefficient (Wildman–Crippen LogP) is 3.92. The number of imidazole rings is 1. The van der Waals surface area contributed by atoms with Crippen molar-refractivity contribution in [3.05, 3.63) is 55.1 Å². The number of hydrogen-bond acceptors (Lipinski definition) is 5. The van der Waals surface area contributed by atoms with Gasteiger partial charge in [0.05, 0.1) is 29.6 Å². The molecule has 0 fully saturated rings. The number of allylic oxidation sites excluding steroid dienone is 1. The molecule has 1 aromatic heterocycles. The van der Waals surface area contributed by atoms with E-state index in [9.17, 15) is 9.59 Å². The second kappa shape index (κ2) is 9.29. The van der Waals surface area contributed by atoms with Crippen LogP contribution in [0.3, 0.4) is 0 Å². The molecule has 2 N–H and O–H groups in total. The third kappa shape index (κ3) is 4.97. The van der Waals surface area contributed by atoms with Crippen molar-refractivity contribution in [1.82, 2.24) is 9.55 Å². The summed E-state index contributed by atoms with van der Waals surface area (Å²) in [5.74, 6) is 0.291. The van der Waals surface area contributed by atoms with Crippen LogP contribution in [0.4, 0.5) is 11.4 Å². The van der Waals surface area contributed by atoms with Crippen LogP contribution in [-0.2, 0) is 16.1 Å². The van der Waals surface area contributed by atoms with Gasteiger partial charge in [-0.05, 0) is 30.3 Å². The van der Waals surface area contributed by atoms with Crippen LogP contribution in [0.1, 0.15) is 6.92 Å². The van der Waals surface area contributed by atoms with E-state index in [2.05, 4.69) is 22.2 Å². The van der Waals surface area contributed by atoms with Crippen LogP contribution in [0.15, 0.2) is 60.3 Å². The van der Waals surface area contributed by atoms with Crippen LogP contribution >= 0.6 is 11.8 Å². The Balaban J connectivity index is 1.73. The van der Waals surface area contributed by atoms with Gasteiger partial charge in [0.15, 0.2) is 5.16 Å². The molecule has 3 rings (SSSR count). The average Bonchev–Trinajstić information content (AvgIpc) is 3.04. The lowest BCUT2D eigenvalue weighted by molar-refractivity contribution is -0.114. The minimum absolute atomic E-state index is 0.175. The summed E-state index contributed by atoms with van der Waals surface area (Å²) in [5.41, 5.74) is 2.94. The Bertz CT molecular complexity index is 1060. The largest absolute Gasteiger partial charge is 0.495 e. The number of benzene rings is 2. The summed E-state index contributed by atoms with van der Waals surface area (Å²) >= 11 is 1.35. The topological polar surface area (TPSA) is 85.2 Å². The summed E-state index contributed by atoms with van der Waals surface area (Å²) in [6.07, 6.45) is 1.80. The van der Waals surface area contributed by atoms with Gasteiger partial charge < -0.3 is 19.9 Å². The minimum Gasteiger partial charge on any atom is -0.495 e. The van der Waals surface area contributed by atoms with E-state index in [0.29, 0.717) is 23.7 Å². The highest BCUT2D eigenvalue weighted by Crippen LogP contribution is 2.29. The molecule has 2 amide bonds. The molecule has 29 heavy (non-hydrogen) atoms. The van der Waals surface area contributed by atoms with Gasteiger partial charge in [0.2, 0.25) is 11.8 Å². The van der Waals surface area contributed by atoms with Gasteiger partial charge in [0.25, 0.3) is 0 Å². The maximum Gasteiger partial charge on any atom is 0.234 e. The second-order valence-electron chi connectivity index (χ2n) is 6.22. The summed E-state index contributed by atoms with van der Waals surface area (Å²) in [4.78, 5) is 28.4. The highest BCUT2D eigenvalue weighted by Gasteiger charge is 2.14. The number of thioether (sulfide) groups is 1. The molecule has 1 heterocycles. The van der Waals surface area contributed by atoms with E-state index in [0.717, 1.165) is 16.2 Å². The third-order valence-electron chi connectivity index (χ3n) is 4.06. The molecule has 0 saturated heterocycles. The first-order valence-electron chi connectivity index (χ1n) is 8.96. The maximum atomic E-state index is 12.5. The number of anilines is 2. The van der Waals surface area contributed by atoms with Crippen LogP contribution in [0, 0.1) is 0 Å². The zero-order chi connectivity index (χ0) is 20.8. The SMILES string of the molecule is C=CCn1c(SCC(=O)Nc2cc(NC(C)=O)ccc2OC)nc2ccccc21. The number of aromatic nitrogens is 2. The smallest absolute Gasteiger partial charge is 0.234 e. The van der Waals surface area contributed by atoms with Crippen LogP contribution < -0.4 is 15.4 Å². The molecule has 3 aromatic rings. The van der Waals surface area contributed by atoms with E-state index in [4.69, 9.17) is 4.74 Å². The monoisotopic (exact) mass is 410 g/mol. The lowest BCUT2D eigenvalue weighted by Gasteiger charge is -2.12. The normalized spacial score (nSPS) is 10.6. The van der Waals surface area contributed by atoms with Crippen molar-refractivity contribution in [1.29, 1.82) is 0 Å². The number of carbonyl (C=O) groups excluding carboxylic acids is 2. The van der Waals surface area contributed by atoms with Crippen molar-refractivity contribution in [2.45, 2.75) is 18.6 Å². The number of nitrogens with one attached hydrogen (secondary N) is 2. The van der Waals surface area contributed by atoms with Gasteiger partial charge in [-0.25, -0.2) is 4.98 Å². The molecule has 0 aliphatic heterocycles. The van der Waals surface area contributed by atoms with Gasteiger partial charge >= 0.3 is 0 Å². The molecule has 0 unspecified atom stereocenters. The number of rotatable bonds is 8. The van der Waals surface area contributed by atoms with Gasteiger partial charge in [-0.3, -0.25) is 9.59 Å². The Kier molecular flexibility index (Phi) is 6.56. The molecule has 150 valence electrons. The zero-order valence-electron chi connectivity index (χ0n) is 16.3. The van der Waals surface area contributed by atoms with Crippen LogP contribution in [0.2, 0.25) is 0 Å². The summed E-state index contributed by atoms with van der Waals surface area (Å²) in [5, 5.41) is 6.28. The molecule has 2 aromatic carbocycles. The number of carbonyl (C=O) groups is 2. The Morgan fingerprint density at radius 1 is 1.24 bits per heavy atom. The highest BCUT2D eigenvalue weighted by atomic mass is 32.2. The van der Waals surface area contributed by atoms with Gasteiger partial charge in [0.1, 0.15) is 5.75 Å². The lowest BCUT2D eigenvalue weighted by Crippen LogP contribution is -2.16. The molecule has 8 heteroatoms. The first kappa shape index (κ1) is 20.5. The molecule has 7 nitrogen and oxygen atoms in total. The van der Waals surface area contributed by atoms with Gasteiger partial charge in [0, 0.05) is 19.2 Å². The van der Waals surface area contributed by atoms with Crippen molar-refractivity contribution >= 4 is 46.0 Å². The Morgan fingerprint density at radius 3 is 2.76 bits per heavy atom. The maximum absolute atomic E-state index is 12.5. The van der Waals surface area contributed by atoms with Crippen molar-refractivity contribution < 1.29 is 14.3 Å². The fraction of sp³-hybridized carbons (Fsp3) is 0.190. The fourth-order valence-electron chi connectivity index (χ4n) is 2.87. The predicted molar refractivity (Wildman–Crippen MR) is 117 cm³/mol. The molecule has 0 spiro atoms. The van der Waals surface area contributed by atoms with Crippen molar-refractivity contribution in [2.75, 3.05) is 23.5 Å². The molecular weight excluding hydrogens is 388 g/mol. The molecule has 0 radical (unpaired) electrons. The third-order valence-corrected chi connectivity index (χ3v) is 5.03. The summed E-state index contributed by atoms with van der Waals surface area (Å²) in [6.45, 7) is 5.83. The Labute approximate surface area is 173 Å². The second-order valence-corrected chi connectivity index (χ2v) is 7.16. The van der Waals surface area contributed by atoms with Crippen molar-refractivity contribution in [3.8, 4) is 5.75 Å². The minimum atomic E-state index is -0.203. The first-order valence-corrected chi connectivity index (χ1v) is 9.95. The van der Waals surface area contributed by atoms with Crippen LogP contribution in [0.25, 0.3) is 11.0 Å². The van der Waals surface area contributed by atoms with E-state index in [1.165, 1.54) is 25.8 Å². The highest BCUT2D eigenvalue weighted by molar-refractivity contribution is 7.99. The Hall–Kier alpha value is -3.26. The quantitative estimate of drug-likeness (QED) is 0.434. The van der Waals surface area contributed by atoms with Gasteiger partial charge in [-0.1, -0.05) is 30.0 Å². The lowest BCUT2D eigenvalue weighted by atomic mass is 10.2.